The average Bonchev–Trinajstić information content (AvgIpc) is 2.79. The molecule has 1 amide bonds. The number of fused-ring (bicyclic) bond motifs is 1. The van der Waals surface area contributed by atoms with Gasteiger partial charge in [0.1, 0.15) is 5.75 Å². The van der Waals surface area contributed by atoms with Crippen LogP contribution in [-0.4, -0.2) is 18.0 Å². The zero-order valence-electron chi connectivity index (χ0n) is 19.2. The van der Waals surface area contributed by atoms with Gasteiger partial charge in [-0.25, -0.2) is 0 Å². The molecular weight excluding hydrogens is 396 g/mol. The molecule has 1 unspecified atom stereocenters. The lowest BCUT2D eigenvalue weighted by atomic mass is 9.67. The zero-order chi connectivity index (χ0) is 22.7. The Labute approximate surface area is 190 Å². The van der Waals surface area contributed by atoms with Crippen molar-refractivity contribution in [3.63, 3.8) is 0 Å². The molecule has 0 saturated carbocycles. The number of anilines is 1. The molecule has 4 heteroatoms. The fraction of sp³-hybridized carbons (Fsp3) is 0.286. The number of pyridine rings is 1. The SMILES string of the molecule is COc1cccc(C2CCC(C)(C)C(/C=C/C(=O)Nc3cccc4cnccc34)=C2C)c1. The maximum atomic E-state index is 12.8. The van der Waals surface area contributed by atoms with Crippen LogP contribution in [0.5, 0.6) is 5.75 Å². The Morgan fingerprint density at radius 1 is 1.19 bits per heavy atom. The summed E-state index contributed by atoms with van der Waals surface area (Å²) in [5, 5.41) is 5.02. The van der Waals surface area contributed by atoms with E-state index in [9.17, 15) is 4.79 Å². The number of hydrogen-bond acceptors (Lipinski definition) is 3. The van der Waals surface area contributed by atoms with E-state index in [1.165, 1.54) is 16.7 Å². The van der Waals surface area contributed by atoms with E-state index in [4.69, 9.17) is 4.74 Å². The molecule has 0 aliphatic heterocycles. The van der Waals surface area contributed by atoms with Gasteiger partial charge in [-0.2, -0.15) is 0 Å². The first-order chi connectivity index (χ1) is 15.4. The number of nitrogens with zero attached hydrogens (tertiary/aromatic N) is 1. The van der Waals surface area contributed by atoms with Crippen molar-refractivity contribution in [3.8, 4) is 5.75 Å². The van der Waals surface area contributed by atoms with Crippen LogP contribution in [-0.2, 0) is 4.79 Å². The minimum absolute atomic E-state index is 0.0152. The van der Waals surface area contributed by atoms with Crippen molar-refractivity contribution in [1.82, 2.24) is 4.98 Å². The summed E-state index contributed by atoms with van der Waals surface area (Å²) in [6.07, 6.45) is 9.35. The molecule has 1 aromatic heterocycles. The number of benzene rings is 2. The molecule has 1 aliphatic rings. The number of rotatable bonds is 5. The van der Waals surface area contributed by atoms with E-state index in [2.05, 4.69) is 43.2 Å². The van der Waals surface area contributed by atoms with Crippen molar-refractivity contribution < 1.29 is 9.53 Å². The van der Waals surface area contributed by atoms with Crippen molar-refractivity contribution in [2.45, 2.75) is 39.5 Å². The van der Waals surface area contributed by atoms with Gasteiger partial charge >= 0.3 is 0 Å². The Morgan fingerprint density at radius 3 is 2.81 bits per heavy atom. The molecule has 0 fully saturated rings. The van der Waals surface area contributed by atoms with Crippen molar-refractivity contribution in [3.05, 3.63) is 89.8 Å². The number of methoxy groups -OCH3 is 1. The van der Waals surface area contributed by atoms with Crippen LogP contribution >= 0.6 is 0 Å². The molecular formula is C28H30N2O2. The van der Waals surface area contributed by atoms with Crippen molar-refractivity contribution in [2.75, 3.05) is 12.4 Å². The highest BCUT2D eigenvalue weighted by Gasteiger charge is 2.32. The van der Waals surface area contributed by atoms with Gasteiger partial charge in [-0.05, 0) is 60.6 Å². The number of allylic oxidation sites excluding steroid dienone is 3. The van der Waals surface area contributed by atoms with Crippen LogP contribution in [0.1, 0.15) is 45.1 Å². The second-order valence-electron chi connectivity index (χ2n) is 9.07. The standard InChI is InChI=1S/C28H30N2O2/c1-19-23(20-7-5-9-22(17-20)32-4)13-15-28(2,3)25(19)11-12-27(31)30-26-10-6-8-21-18-29-16-14-24(21)26/h5-12,14,16-18,23H,13,15H2,1-4H3,(H,30,31)/b12-11+. The summed E-state index contributed by atoms with van der Waals surface area (Å²) < 4.78 is 5.43. The van der Waals surface area contributed by atoms with E-state index < -0.39 is 0 Å². The maximum absolute atomic E-state index is 12.8. The van der Waals surface area contributed by atoms with E-state index in [1.807, 2.05) is 42.5 Å². The Kier molecular flexibility index (Phi) is 6.13. The highest BCUT2D eigenvalue weighted by atomic mass is 16.5. The van der Waals surface area contributed by atoms with Gasteiger partial charge in [0.25, 0.3) is 0 Å². The second kappa shape index (κ2) is 8.99. The highest BCUT2D eigenvalue weighted by molar-refractivity contribution is 6.06. The first-order valence-electron chi connectivity index (χ1n) is 11.1. The van der Waals surface area contributed by atoms with E-state index in [0.29, 0.717) is 5.92 Å². The lowest BCUT2D eigenvalue weighted by Crippen LogP contribution is -2.24. The lowest BCUT2D eigenvalue weighted by Gasteiger charge is -2.37. The predicted octanol–water partition coefficient (Wildman–Crippen LogP) is 6.66. The predicted molar refractivity (Wildman–Crippen MR) is 131 cm³/mol. The first-order valence-corrected chi connectivity index (χ1v) is 11.1. The topological polar surface area (TPSA) is 51.2 Å². The summed E-state index contributed by atoms with van der Waals surface area (Å²) in [6, 6.07) is 16.1. The molecule has 1 N–H and O–H groups in total. The van der Waals surface area contributed by atoms with Crippen LogP contribution < -0.4 is 10.1 Å². The minimum Gasteiger partial charge on any atom is -0.497 e. The molecule has 32 heavy (non-hydrogen) atoms. The summed E-state index contributed by atoms with van der Waals surface area (Å²) in [5.41, 5.74) is 4.62. The number of hydrogen-bond donors (Lipinski definition) is 1. The average molecular weight is 427 g/mol. The highest BCUT2D eigenvalue weighted by Crippen LogP contribution is 2.47. The maximum Gasteiger partial charge on any atom is 0.248 e. The Morgan fingerprint density at radius 2 is 2.00 bits per heavy atom. The monoisotopic (exact) mass is 426 g/mol. The number of amides is 1. The van der Waals surface area contributed by atoms with E-state index in [0.717, 1.165) is 35.1 Å². The molecule has 0 spiro atoms. The largest absolute Gasteiger partial charge is 0.497 e. The summed E-state index contributed by atoms with van der Waals surface area (Å²) in [4.78, 5) is 17.0. The Bertz CT molecular complexity index is 1200. The number of carbonyl (C=O) groups is 1. The number of carbonyl (C=O) groups excluding carboxylic acids is 1. The molecule has 4 rings (SSSR count). The van der Waals surface area contributed by atoms with Crippen LogP contribution in [0.4, 0.5) is 5.69 Å². The molecule has 0 saturated heterocycles. The molecule has 4 nitrogen and oxygen atoms in total. The van der Waals surface area contributed by atoms with Crippen molar-refractivity contribution in [2.24, 2.45) is 5.41 Å². The molecule has 1 atom stereocenters. The summed E-state index contributed by atoms with van der Waals surface area (Å²) in [6.45, 7) is 6.71. The van der Waals surface area contributed by atoms with E-state index >= 15 is 0 Å². The smallest absolute Gasteiger partial charge is 0.248 e. The Balaban J connectivity index is 1.60. The number of ether oxygens (including phenoxy) is 1. The van der Waals surface area contributed by atoms with Gasteiger partial charge in [0.15, 0.2) is 0 Å². The summed E-state index contributed by atoms with van der Waals surface area (Å²) in [5.74, 6) is 1.07. The van der Waals surface area contributed by atoms with Crippen molar-refractivity contribution in [1.29, 1.82) is 0 Å². The molecule has 0 radical (unpaired) electrons. The number of nitrogens with one attached hydrogen (secondary N) is 1. The van der Waals surface area contributed by atoms with Gasteiger partial charge in [0.05, 0.1) is 7.11 Å². The Hall–Kier alpha value is -3.40. The minimum atomic E-state index is -0.131. The third kappa shape index (κ3) is 4.45. The van der Waals surface area contributed by atoms with Crippen LogP contribution in [0.2, 0.25) is 0 Å². The zero-order valence-corrected chi connectivity index (χ0v) is 19.2. The molecule has 2 aromatic carbocycles. The molecule has 1 aliphatic carbocycles. The van der Waals surface area contributed by atoms with Gasteiger partial charge in [0.2, 0.25) is 5.91 Å². The fourth-order valence-corrected chi connectivity index (χ4v) is 4.77. The van der Waals surface area contributed by atoms with Crippen LogP contribution in [0.25, 0.3) is 10.8 Å². The normalized spacial score (nSPS) is 18.2. The second-order valence-corrected chi connectivity index (χ2v) is 9.07. The van der Waals surface area contributed by atoms with Gasteiger partial charge < -0.3 is 10.1 Å². The van der Waals surface area contributed by atoms with Gasteiger partial charge in [-0.3, -0.25) is 9.78 Å². The van der Waals surface area contributed by atoms with Gasteiger partial charge in [-0.1, -0.05) is 49.8 Å². The first kappa shape index (κ1) is 21.8. The molecule has 164 valence electrons. The fourth-order valence-electron chi connectivity index (χ4n) is 4.77. The number of aromatic nitrogens is 1. The van der Waals surface area contributed by atoms with Crippen LogP contribution in [0.15, 0.2) is 84.2 Å². The van der Waals surface area contributed by atoms with Gasteiger partial charge in [-0.15, -0.1) is 0 Å². The summed E-state index contributed by atoms with van der Waals surface area (Å²) in [7, 11) is 1.70. The third-order valence-corrected chi connectivity index (χ3v) is 6.57. The van der Waals surface area contributed by atoms with E-state index in [-0.39, 0.29) is 11.3 Å². The molecule has 1 heterocycles. The van der Waals surface area contributed by atoms with Gasteiger partial charge in [0, 0.05) is 40.8 Å². The van der Waals surface area contributed by atoms with Crippen LogP contribution in [0, 0.1) is 5.41 Å². The summed E-state index contributed by atoms with van der Waals surface area (Å²) >= 11 is 0. The quantitative estimate of drug-likeness (QED) is 0.464. The lowest BCUT2D eigenvalue weighted by molar-refractivity contribution is -0.111. The molecule has 3 aromatic rings. The van der Waals surface area contributed by atoms with Crippen molar-refractivity contribution >= 4 is 22.4 Å². The van der Waals surface area contributed by atoms with E-state index in [1.54, 1.807) is 25.6 Å². The molecule has 0 bridgehead atoms. The third-order valence-electron chi connectivity index (χ3n) is 6.57. The van der Waals surface area contributed by atoms with Crippen LogP contribution in [0.3, 0.4) is 0 Å².